The Hall–Kier alpha value is -3.24. The average Bonchev–Trinajstić information content (AvgIpc) is 2.93. The highest BCUT2D eigenvalue weighted by atomic mass is 32.2. The van der Waals surface area contributed by atoms with E-state index in [4.69, 9.17) is 4.74 Å². The van der Waals surface area contributed by atoms with Gasteiger partial charge in [-0.15, -0.1) is 11.8 Å². The Balaban J connectivity index is 1.58. The van der Waals surface area contributed by atoms with Crippen LogP contribution in [0.1, 0.15) is 6.92 Å². The number of nitrogens with zero attached hydrogens (tertiary/aromatic N) is 3. The van der Waals surface area contributed by atoms with Crippen LogP contribution < -0.4 is 13.9 Å². The molecule has 0 aromatic heterocycles. The van der Waals surface area contributed by atoms with Crippen molar-refractivity contribution in [2.45, 2.75) is 16.7 Å². The van der Waals surface area contributed by atoms with Gasteiger partial charge in [0, 0.05) is 36.8 Å². The van der Waals surface area contributed by atoms with Crippen molar-refractivity contribution in [3.63, 3.8) is 0 Å². The molecule has 0 spiro atoms. The normalized spacial score (nSPS) is 13.9. The molecule has 1 saturated heterocycles. The maximum absolute atomic E-state index is 13.8. The molecule has 7 nitrogen and oxygen atoms in total. The van der Waals surface area contributed by atoms with Gasteiger partial charge in [-0.2, -0.15) is 0 Å². The van der Waals surface area contributed by atoms with Gasteiger partial charge in [-0.1, -0.05) is 12.1 Å². The lowest BCUT2D eigenvalue weighted by atomic mass is 10.2. The van der Waals surface area contributed by atoms with Crippen molar-refractivity contribution in [2.75, 3.05) is 54.8 Å². The van der Waals surface area contributed by atoms with Crippen LogP contribution in [0.4, 0.5) is 15.8 Å². The molecule has 1 amide bonds. The van der Waals surface area contributed by atoms with Gasteiger partial charge < -0.3 is 14.5 Å². The SMILES string of the molecule is CCOc1ccccc1N(CC(=O)N1CCN(c2ccc(F)cc2)CC1)S(=O)(=O)c1ccc(SC)cc1. The highest BCUT2D eigenvalue weighted by Gasteiger charge is 2.32. The smallest absolute Gasteiger partial charge is 0.264 e. The Labute approximate surface area is 221 Å². The molecule has 3 aromatic rings. The Morgan fingerprint density at radius 3 is 2.24 bits per heavy atom. The summed E-state index contributed by atoms with van der Waals surface area (Å²) in [6, 6.07) is 19.7. The summed E-state index contributed by atoms with van der Waals surface area (Å²) in [6.07, 6.45) is 1.92. The number of piperazine rings is 1. The molecule has 4 rings (SSSR count). The number of amides is 1. The van der Waals surface area contributed by atoms with Gasteiger partial charge in [0.15, 0.2) is 0 Å². The molecule has 0 atom stereocenters. The van der Waals surface area contributed by atoms with Crippen molar-refractivity contribution >= 4 is 39.1 Å². The molecule has 1 fully saturated rings. The van der Waals surface area contributed by atoms with Crippen molar-refractivity contribution in [1.29, 1.82) is 0 Å². The van der Waals surface area contributed by atoms with Crippen molar-refractivity contribution < 1.29 is 22.3 Å². The van der Waals surface area contributed by atoms with Crippen molar-refractivity contribution in [3.05, 3.63) is 78.6 Å². The van der Waals surface area contributed by atoms with E-state index in [1.54, 1.807) is 65.6 Å². The molecule has 1 aliphatic heterocycles. The van der Waals surface area contributed by atoms with Gasteiger partial charge in [0.2, 0.25) is 5.91 Å². The van der Waals surface area contributed by atoms with Gasteiger partial charge in [-0.05, 0) is 73.8 Å². The van der Waals surface area contributed by atoms with Crippen molar-refractivity contribution in [1.82, 2.24) is 4.90 Å². The van der Waals surface area contributed by atoms with Gasteiger partial charge in [0.05, 0.1) is 17.2 Å². The van der Waals surface area contributed by atoms with E-state index in [0.717, 1.165) is 14.9 Å². The first-order valence-corrected chi connectivity index (χ1v) is 14.7. The number of ether oxygens (including phenoxy) is 1. The summed E-state index contributed by atoms with van der Waals surface area (Å²) in [6.45, 7) is 3.81. The molecule has 1 heterocycles. The fraction of sp³-hybridized carbons (Fsp3) is 0.296. The summed E-state index contributed by atoms with van der Waals surface area (Å²) in [5.74, 6) is -0.202. The van der Waals surface area contributed by atoms with Gasteiger partial charge in [-0.3, -0.25) is 9.10 Å². The standard InChI is InChI=1S/C27H30FN3O4S2/c1-3-35-26-7-5-4-6-25(26)31(37(33,34)24-14-12-23(36-2)13-15-24)20-27(32)30-18-16-29(17-19-30)22-10-8-21(28)9-11-22/h4-15H,3,16-20H2,1-2H3. The number of carbonyl (C=O) groups excluding carboxylic acids is 1. The Kier molecular flexibility index (Phi) is 8.60. The number of hydrogen-bond acceptors (Lipinski definition) is 6. The summed E-state index contributed by atoms with van der Waals surface area (Å²) in [5.41, 5.74) is 1.20. The molecule has 37 heavy (non-hydrogen) atoms. The van der Waals surface area contributed by atoms with Crippen molar-refractivity contribution in [2.24, 2.45) is 0 Å². The van der Waals surface area contributed by atoms with Crippen molar-refractivity contribution in [3.8, 4) is 5.75 Å². The predicted molar refractivity (Wildman–Crippen MR) is 146 cm³/mol. The monoisotopic (exact) mass is 543 g/mol. The maximum atomic E-state index is 13.8. The van der Waals surface area contributed by atoms with Crippen LogP contribution >= 0.6 is 11.8 Å². The van der Waals surface area contributed by atoms with Gasteiger partial charge in [0.1, 0.15) is 18.1 Å². The van der Waals surface area contributed by atoms with Gasteiger partial charge >= 0.3 is 0 Å². The average molecular weight is 544 g/mol. The van der Waals surface area contributed by atoms with Crippen LogP contribution in [0.25, 0.3) is 0 Å². The number of hydrogen-bond donors (Lipinski definition) is 0. The van der Waals surface area contributed by atoms with E-state index >= 15 is 0 Å². The molecule has 196 valence electrons. The predicted octanol–water partition coefficient (Wildman–Crippen LogP) is 4.49. The minimum atomic E-state index is -4.06. The van der Waals surface area contributed by atoms with E-state index in [1.807, 2.05) is 13.2 Å². The minimum Gasteiger partial charge on any atom is -0.492 e. The van der Waals surface area contributed by atoms with E-state index in [1.165, 1.54) is 23.9 Å². The lowest BCUT2D eigenvalue weighted by molar-refractivity contribution is -0.129. The van der Waals surface area contributed by atoms with Crippen LogP contribution in [0, 0.1) is 5.82 Å². The number of halogens is 1. The molecule has 0 N–H and O–H groups in total. The largest absolute Gasteiger partial charge is 0.492 e. The van der Waals surface area contributed by atoms with Gasteiger partial charge in [-0.25, -0.2) is 12.8 Å². The lowest BCUT2D eigenvalue weighted by Gasteiger charge is -2.37. The van der Waals surface area contributed by atoms with Crippen LogP contribution in [0.15, 0.2) is 82.6 Å². The fourth-order valence-electron chi connectivity index (χ4n) is 4.20. The quantitative estimate of drug-likeness (QED) is 0.371. The van der Waals surface area contributed by atoms with E-state index in [0.29, 0.717) is 44.2 Å². The number of sulfonamides is 1. The number of thioether (sulfide) groups is 1. The second-order valence-electron chi connectivity index (χ2n) is 8.43. The molecule has 0 saturated carbocycles. The first kappa shape index (κ1) is 26.8. The number of anilines is 2. The highest BCUT2D eigenvalue weighted by Crippen LogP contribution is 2.33. The number of para-hydroxylation sites is 2. The highest BCUT2D eigenvalue weighted by molar-refractivity contribution is 7.98. The number of rotatable bonds is 9. The van der Waals surface area contributed by atoms with Crippen LogP contribution in [0.3, 0.4) is 0 Å². The number of carbonyl (C=O) groups is 1. The first-order chi connectivity index (χ1) is 17.8. The molecule has 0 unspecified atom stereocenters. The Morgan fingerprint density at radius 2 is 1.62 bits per heavy atom. The summed E-state index contributed by atoms with van der Waals surface area (Å²) in [4.78, 5) is 18.2. The topological polar surface area (TPSA) is 70.2 Å². The molecule has 0 aliphatic carbocycles. The molecular formula is C27H30FN3O4S2. The van der Waals surface area contributed by atoms with Crippen LogP contribution in [-0.4, -0.2) is 64.8 Å². The Morgan fingerprint density at radius 1 is 0.973 bits per heavy atom. The summed E-state index contributed by atoms with van der Waals surface area (Å²) < 4.78 is 47.8. The molecule has 10 heteroatoms. The number of benzene rings is 3. The molecule has 1 aliphatic rings. The summed E-state index contributed by atoms with van der Waals surface area (Å²) in [7, 11) is -4.06. The van der Waals surface area contributed by atoms with Crippen LogP contribution in [0.5, 0.6) is 5.75 Å². The molecular weight excluding hydrogens is 513 g/mol. The third-order valence-electron chi connectivity index (χ3n) is 6.18. The van der Waals surface area contributed by atoms with Crippen LogP contribution in [-0.2, 0) is 14.8 Å². The third-order valence-corrected chi connectivity index (χ3v) is 8.70. The van der Waals surface area contributed by atoms with E-state index in [2.05, 4.69) is 4.90 Å². The molecule has 0 radical (unpaired) electrons. The summed E-state index contributed by atoms with van der Waals surface area (Å²) in [5, 5.41) is 0. The van der Waals surface area contributed by atoms with E-state index in [-0.39, 0.29) is 23.2 Å². The summed E-state index contributed by atoms with van der Waals surface area (Å²) >= 11 is 1.52. The van der Waals surface area contributed by atoms with Gasteiger partial charge in [0.25, 0.3) is 10.0 Å². The Bertz CT molecular complexity index is 1310. The first-order valence-electron chi connectivity index (χ1n) is 12.0. The zero-order chi connectivity index (χ0) is 26.4. The second kappa shape index (κ2) is 11.9. The molecule has 3 aromatic carbocycles. The maximum Gasteiger partial charge on any atom is 0.264 e. The van der Waals surface area contributed by atoms with E-state index < -0.39 is 10.0 Å². The fourth-order valence-corrected chi connectivity index (χ4v) is 6.04. The zero-order valence-corrected chi connectivity index (χ0v) is 22.5. The van der Waals surface area contributed by atoms with E-state index in [9.17, 15) is 17.6 Å². The molecule has 0 bridgehead atoms. The van der Waals surface area contributed by atoms with Crippen LogP contribution in [0.2, 0.25) is 0 Å². The lowest BCUT2D eigenvalue weighted by Crippen LogP contribution is -2.52. The third kappa shape index (κ3) is 6.19. The zero-order valence-electron chi connectivity index (χ0n) is 20.8. The minimum absolute atomic E-state index is 0.102. The second-order valence-corrected chi connectivity index (χ2v) is 11.2.